The molecule has 0 radical (unpaired) electrons. The van der Waals surface area contributed by atoms with Gasteiger partial charge in [-0.2, -0.15) is 0 Å². The minimum absolute atomic E-state index is 0.155. The van der Waals surface area contributed by atoms with Gasteiger partial charge in [-0.15, -0.1) is 0 Å². The second-order valence-corrected chi connectivity index (χ2v) is 2.33. The molecule has 0 aromatic carbocycles. The molecule has 2 heteroatoms. The molecule has 0 aromatic heterocycles. The standard InChI is InChI=1S/C7H13NO/c1-6(5-9)7(2)8(3)4/h5,7H,1H2,2-4H3. The number of hydrogen-bond donors (Lipinski definition) is 0. The number of rotatable bonds is 3. The van der Waals surface area contributed by atoms with E-state index in [0.717, 1.165) is 6.29 Å². The topological polar surface area (TPSA) is 20.3 Å². The van der Waals surface area contributed by atoms with E-state index in [1.54, 1.807) is 0 Å². The van der Waals surface area contributed by atoms with Crippen LogP contribution in [0.15, 0.2) is 12.2 Å². The van der Waals surface area contributed by atoms with Crippen LogP contribution in [-0.2, 0) is 4.79 Å². The van der Waals surface area contributed by atoms with Gasteiger partial charge in [0.1, 0.15) is 6.29 Å². The van der Waals surface area contributed by atoms with Crippen molar-refractivity contribution in [2.24, 2.45) is 0 Å². The Morgan fingerprint density at radius 2 is 2.11 bits per heavy atom. The summed E-state index contributed by atoms with van der Waals surface area (Å²) in [4.78, 5) is 12.1. The number of likely N-dealkylation sites (N-methyl/N-ethyl adjacent to an activating group) is 1. The van der Waals surface area contributed by atoms with E-state index >= 15 is 0 Å². The van der Waals surface area contributed by atoms with Gasteiger partial charge in [0.2, 0.25) is 0 Å². The van der Waals surface area contributed by atoms with E-state index < -0.39 is 0 Å². The van der Waals surface area contributed by atoms with E-state index in [9.17, 15) is 4.79 Å². The molecule has 0 rings (SSSR count). The smallest absolute Gasteiger partial charge is 0.147 e. The van der Waals surface area contributed by atoms with Crippen LogP contribution in [0.5, 0.6) is 0 Å². The van der Waals surface area contributed by atoms with Crippen molar-refractivity contribution in [2.75, 3.05) is 14.1 Å². The molecule has 0 aliphatic carbocycles. The Morgan fingerprint density at radius 1 is 1.67 bits per heavy atom. The van der Waals surface area contributed by atoms with Gasteiger partial charge in [-0.05, 0) is 21.0 Å². The number of nitrogens with zero attached hydrogens (tertiary/aromatic N) is 1. The van der Waals surface area contributed by atoms with Crippen molar-refractivity contribution in [1.82, 2.24) is 4.90 Å². The van der Waals surface area contributed by atoms with E-state index in [1.165, 1.54) is 0 Å². The third-order valence-electron chi connectivity index (χ3n) is 1.46. The lowest BCUT2D eigenvalue weighted by Gasteiger charge is -2.18. The molecule has 0 saturated heterocycles. The highest BCUT2D eigenvalue weighted by Crippen LogP contribution is 1.99. The van der Waals surface area contributed by atoms with Gasteiger partial charge < -0.3 is 4.90 Å². The summed E-state index contributed by atoms with van der Waals surface area (Å²) < 4.78 is 0. The lowest BCUT2D eigenvalue weighted by Crippen LogP contribution is -2.26. The lowest BCUT2D eigenvalue weighted by atomic mass is 10.1. The zero-order valence-corrected chi connectivity index (χ0v) is 6.22. The molecule has 0 N–H and O–H groups in total. The highest BCUT2D eigenvalue weighted by atomic mass is 16.1. The summed E-state index contributed by atoms with van der Waals surface area (Å²) in [6.07, 6.45) is 0.796. The Kier molecular flexibility index (Phi) is 3.17. The highest BCUT2D eigenvalue weighted by Gasteiger charge is 2.05. The van der Waals surface area contributed by atoms with Crippen LogP contribution in [-0.4, -0.2) is 31.3 Å². The summed E-state index contributed by atoms with van der Waals surface area (Å²) >= 11 is 0. The zero-order chi connectivity index (χ0) is 7.44. The second kappa shape index (κ2) is 3.41. The summed E-state index contributed by atoms with van der Waals surface area (Å²) in [5.41, 5.74) is 0.625. The fraction of sp³-hybridized carbons (Fsp3) is 0.571. The Labute approximate surface area is 56.2 Å². The molecule has 0 fully saturated rings. The first-order valence-corrected chi connectivity index (χ1v) is 2.90. The molecule has 0 aliphatic rings. The summed E-state index contributed by atoms with van der Waals surface area (Å²) in [6, 6.07) is 0.155. The predicted molar refractivity (Wildman–Crippen MR) is 38.4 cm³/mol. The van der Waals surface area contributed by atoms with Crippen LogP contribution in [0.25, 0.3) is 0 Å². The molecule has 2 nitrogen and oxygen atoms in total. The van der Waals surface area contributed by atoms with Crippen molar-refractivity contribution in [3.05, 3.63) is 12.2 Å². The van der Waals surface area contributed by atoms with Crippen LogP contribution >= 0.6 is 0 Å². The van der Waals surface area contributed by atoms with Crippen LogP contribution < -0.4 is 0 Å². The summed E-state index contributed by atoms with van der Waals surface area (Å²) in [7, 11) is 3.83. The molecule has 1 atom stereocenters. The largest absolute Gasteiger partial charge is 0.303 e. The first-order valence-electron chi connectivity index (χ1n) is 2.90. The summed E-state index contributed by atoms with van der Waals surface area (Å²) in [5.74, 6) is 0. The van der Waals surface area contributed by atoms with Crippen LogP contribution in [0.3, 0.4) is 0 Å². The summed E-state index contributed by atoms with van der Waals surface area (Å²) in [6.45, 7) is 5.53. The fourth-order valence-corrected chi connectivity index (χ4v) is 0.430. The number of aldehydes is 1. The Hall–Kier alpha value is -0.630. The van der Waals surface area contributed by atoms with Crippen LogP contribution in [0, 0.1) is 0 Å². The molecule has 0 aliphatic heterocycles. The Balaban J connectivity index is 3.87. The van der Waals surface area contributed by atoms with Crippen LogP contribution in [0.1, 0.15) is 6.92 Å². The molecular weight excluding hydrogens is 114 g/mol. The van der Waals surface area contributed by atoms with E-state index in [4.69, 9.17) is 0 Å². The van der Waals surface area contributed by atoms with E-state index in [0.29, 0.717) is 5.57 Å². The maximum absolute atomic E-state index is 10.1. The molecule has 0 heterocycles. The molecule has 0 spiro atoms. The molecule has 52 valence electrons. The van der Waals surface area contributed by atoms with Gasteiger partial charge in [-0.1, -0.05) is 6.58 Å². The third kappa shape index (κ3) is 2.42. The van der Waals surface area contributed by atoms with E-state index in [1.807, 2.05) is 25.9 Å². The average molecular weight is 127 g/mol. The normalized spacial score (nSPS) is 13.3. The fourth-order valence-electron chi connectivity index (χ4n) is 0.430. The first-order chi connectivity index (χ1) is 4.09. The molecular formula is C7H13NO. The molecule has 9 heavy (non-hydrogen) atoms. The second-order valence-electron chi connectivity index (χ2n) is 2.33. The van der Waals surface area contributed by atoms with E-state index in [2.05, 4.69) is 6.58 Å². The number of carbonyl (C=O) groups is 1. The van der Waals surface area contributed by atoms with Gasteiger partial charge in [-0.25, -0.2) is 0 Å². The molecule has 0 bridgehead atoms. The maximum atomic E-state index is 10.1. The average Bonchev–Trinajstić information content (AvgIpc) is 1.84. The Bertz CT molecular complexity index is 118. The van der Waals surface area contributed by atoms with Gasteiger partial charge in [0.05, 0.1) is 0 Å². The first kappa shape index (κ1) is 8.37. The zero-order valence-electron chi connectivity index (χ0n) is 6.22. The van der Waals surface area contributed by atoms with Gasteiger partial charge in [0, 0.05) is 11.6 Å². The highest BCUT2D eigenvalue weighted by molar-refractivity contribution is 5.73. The van der Waals surface area contributed by atoms with E-state index in [-0.39, 0.29) is 6.04 Å². The minimum atomic E-state index is 0.155. The van der Waals surface area contributed by atoms with Crippen molar-refractivity contribution < 1.29 is 4.79 Å². The summed E-state index contributed by atoms with van der Waals surface area (Å²) in [5, 5.41) is 0. The van der Waals surface area contributed by atoms with Crippen molar-refractivity contribution in [2.45, 2.75) is 13.0 Å². The lowest BCUT2D eigenvalue weighted by molar-refractivity contribution is -0.105. The van der Waals surface area contributed by atoms with Crippen molar-refractivity contribution in [3.63, 3.8) is 0 Å². The van der Waals surface area contributed by atoms with Gasteiger partial charge in [0.25, 0.3) is 0 Å². The minimum Gasteiger partial charge on any atom is -0.303 e. The van der Waals surface area contributed by atoms with Crippen molar-refractivity contribution in [3.8, 4) is 0 Å². The monoisotopic (exact) mass is 127 g/mol. The molecule has 0 aromatic rings. The Morgan fingerprint density at radius 3 is 2.22 bits per heavy atom. The van der Waals surface area contributed by atoms with Gasteiger partial charge in [0.15, 0.2) is 0 Å². The van der Waals surface area contributed by atoms with Gasteiger partial charge >= 0.3 is 0 Å². The third-order valence-corrected chi connectivity index (χ3v) is 1.46. The number of hydrogen-bond acceptors (Lipinski definition) is 2. The SMILES string of the molecule is C=C(C=O)C(C)N(C)C. The predicted octanol–water partition coefficient (Wildman–Crippen LogP) is 0.692. The molecule has 1 unspecified atom stereocenters. The van der Waals surface area contributed by atoms with Crippen LogP contribution in [0.4, 0.5) is 0 Å². The van der Waals surface area contributed by atoms with Crippen LogP contribution in [0.2, 0.25) is 0 Å². The van der Waals surface area contributed by atoms with Crippen molar-refractivity contribution >= 4 is 6.29 Å². The molecule has 0 saturated carbocycles. The number of carbonyl (C=O) groups excluding carboxylic acids is 1. The maximum Gasteiger partial charge on any atom is 0.147 e. The van der Waals surface area contributed by atoms with Gasteiger partial charge in [-0.3, -0.25) is 4.79 Å². The quantitative estimate of drug-likeness (QED) is 0.410. The molecule has 0 amide bonds. The van der Waals surface area contributed by atoms with Crippen molar-refractivity contribution in [1.29, 1.82) is 0 Å².